The van der Waals surface area contributed by atoms with Crippen LogP contribution in [0.15, 0.2) is 24.3 Å². The maximum Gasteiger partial charge on any atom is 0.335 e. The third kappa shape index (κ3) is 4.33. The molecule has 1 saturated carbocycles. The second kappa shape index (κ2) is 7.43. The predicted molar refractivity (Wildman–Crippen MR) is 85.8 cm³/mol. The SMILES string of the molecule is CC(C)C1CCC(NC(=O)Cc2ccccc2C(=O)O)CC1. The molecule has 2 rings (SSSR count). The molecule has 120 valence electrons. The molecule has 0 radical (unpaired) electrons. The highest BCUT2D eigenvalue weighted by Gasteiger charge is 2.24. The van der Waals surface area contributed by atoms with E-state index < -0.39 is 5.97 Å². The number of amides is 1. The summed E-state index contributed by atoms with van der Waals surface area (Å²) in [4.78, 5) is 23.3. The summed E-state index contributed by atoms with van der Waals surface area (Å²) in [5, 5.41) is 12.2. The topological polar surface area (TPSA) is 66.4 Å². The summed E-state index contributed by atoms with van der Waals surface area (Å²) in [6.45, 7) is 4.51. The highest BCUT2D eigenvalue weighted by Crippen LogP contribution is 2.29. The highest BCUT2D eigenvalue weighted by atomic mass is 16.4. The van der Waals surface area contributed by atoms with Gasteiger partial charge in [-0.15, -0.1) is 0 Å². The molecule has 4 nitrogen and oxygen atoms in total. The van der Waals surface area contributed by atoms with Gasteiger partial charge in [-0.25, -0.2) is 4.79 Å². The van der Waals surface area contributed by atoms with E-state index in [4.69, 9.17) is 5.11 Å². The Morgan fingerprint density at radius 2 is 1.82 bits per heavy atom. The first-order chi connectivity index (χ1) is 10.5. The lowest BCUT2D eigenvalue weighted by molar-refractivity contribution is -0.121. The van der Waals surface area contributed by atoms with E-state index in [1.807, 2.05) is 0 Å². The fourth-order valence-corrected chi connectivity index (χ4v) is 3.26. The van der Waals surface area contributed by atoms with Crippen LogP contribution in [0.3, 0.4) is 0 Å². The molecule has 1 aliphatic rings. The van der Waals surface area contributed by atoms with Crippen molar-refractivity contribution in [2.45, 2.75) is 52.0 Å². The smallest absolute Gasteiger partial charge is 0.335 e. The largest absolute Gasteiger partial charge is 0.478 e. The van der Waals surface area contributed by atoms with Crippen LogP contribution in [0, 0.1) is 11.8 Å². The van der Waals surface area contributed by atoms with Crippen LogP contribution < -0.4 is 5.32 Å². The van der Waals surface area contributed by atoms with Gasteiger partial charge >= 0.3 is 5.97 Å². The van der Waals surface area contributed by atoms with Crippen LogP contribution in [0.4, 0.5) is 0 Å². The minimum absolute atomic E-state index is 0.0818. The highest BCUT2D eigenvalue weighted by molar-refractivity contribution is 5.91. The van der Waals surface area contributed by atoms with Gasteiger partial charge in [0.15, 0.2) is 0 Å². The molecule has 1 aromatic rings. The van der Waals surface area contributed by atoms with Gasteiger partial charge in [-0.05, 0) is 49.1 Å². The Labute approximate surface area is 131 Å². The van der Waals surface area contributed by atoms with E-state index in [-0.39, 0.29) is 23.9 Å². The molecule has 0 atom stereocenters. The molecule has 2 N–H and O–H groups in total. The van der Waals surface area contributed by atoms with E-state index in [0.717, 1.165) is 31.6 Å². The van der Waals surface area contributed by atoms with Gasteiger partial charge in [-0.1, -0.05) is 32.0 Å². The lowest BCUT2D eigenvalue weighted by Gasteiger charge is -2.31. The number of aromatic carboxylic acids is 1. The second-order valence-electron chi connectivity index (χ2n) is 6.56. The number of benzene rings is 1. The van der Waals surface area contributed by atoms with Crippen molar-refractivity contribution >= 4 is 11.9 Å². The van der Waals surface area contributed by atoms with Crippen molar-refractivity contribution in [3.05, 3.63) is 35.4 Å². The Hall–Kier alpha value is -1.84. The maximum atomic E-state index is 12.2. The summed E-state index contributed by atoms with van der Waals surface area (Å²) in [7, 11) is 0. The van der Waals surface area contributed by atoms with Crippen LogP contribution >= 0.6 is 0 Å². The third-order valence-corrected chi connectivity index (χ3v) is 4.68. The molecule has 0 spiro atoms. The maximum absolute atomic E-state index is 12.2. The van der Waals surface area contributed by atoms with Gasteiger partial charge in [-0.3, -0.25) is 4.79 Å². The van der Waals surface area contributed by atoms with Crippen molar-refractivity contribution in [2.24, 2.45) is 11.8 Å². The average molecular weight is 303 g/mol. The first-order valence-corrected chi connectivity index (χ1v) is 8.08. The number of carbonyl (C=O) groups is 2. The van der Waals surface area contributed by atoms with Gasteiger partial charge in [0.05, 0.1) is 12.0 Å². The number of carboxylic acid groups (broad SMARTS) is 1. The average Bonchev–Trinajstić information content (AvgIpc) is 2.48. The summed E-state index contributed by atoms with van der Waals surface area (Å²) >= 11 is 0. The fourth-order valence-electron chi connectivity index (χ4n) is 3.26. The molecule has 0 unspecified atom stereocenters. The van der Waals surface area contributed by atoms with Gasteiger partial charge in [0, 0.05) is 6.04 Å². The lowest BCUT2D eigenvalue weighted by atomic mass is 9.79. The van der Waals surface area contributed by atoms with Crippen LogP contribution in [0.5, 0.6) is 0 Å². The fraction of sp³-hybridized carbons (Fsp3) is 0.556. The molecular formula is C18H25NO3. The van der Waals surface area contributed by atoms with Crippen LogP contribution in [0.25, 0.3) is 0 Å². The van der Waals surface area contributed by atoms with Crippen molar-refractivity contribution in [3.8, 4) is 0 Å². The molecule has 1 amide bonds. The van der Waals surface area contributed by atoms with Gasteiger partial charge in [0.25, 0.3) is 0 Å². The Morgan fingerprint density at radius 3 is 2.41 bits per heavy atom. The summed E-state index contributed by atoms with van der Waals surface area (Å²) < 4.78 is 0. The summed E-state index contributed by atoms with van der Waals surface area (Å²) in [5.74, 6) is 0.405. The zero-order chi connectivity index (χ0) is 16.1. The number of rotatable bonds is 5. The Bertz CT molecular complexity index is 531. The van der Waals surface area contributed by atoms with Crippen LogP contribution in [0.2, 0.25) is 0 Å². The van der Waals surface area contributed by atoms with Crippen molar-refractivity contribution in [2.75, 3.05) is 0 Å². The number of nitrogens with one attached hydrogen (secondary N) is 1. The zero-order valence-electron chi connectivity index (χ0n) is 13.3. The molecular weight excluding hydrogens is 278 g/mol. The summed E-state index contributed by atoms with van der Waals surface area (Å²) in [6, 6.07) is 6.93. The van der Waals surface area contributed by atoms with E-state index in [2.05, 4.69) is 19.2 Å². The zero-order valence-corrected chi connectivity index (χ0v) is 13.3. The van der Waals surface area contributed by atoms with E-state index in [0.29, 0.717) is 11.5 Å². The third-order valence-electron chi connectivity index (χ3n) is 4.68. The monoisotopic (exact) mass is 303 g/mol. The molecule has 0 bridgehead atoms. The minimum atomic E-state index is -0.985. The molecule has 1 aromatic carbocycles. The van der Waals surface area contributed by atoms with Gasteiger partial charge in [-0.2, -0.15) is 0 Å². The number of carboxylic acids is 1. The number of hydrogen-bond donors (Lipinski definition) is 2. The van der Waals surface area contributed by atoms with E-state index in [1.165, 1.54) is 0 Å². The number of carbonyl (C=O) groups excluding carboxylic acids is 1. The quantitative estimate of drug-likeness (QED) is 0.877. The Morgan fingerprint density at radius 1 is 1.18 bits per heavy atom. The molecule has 1 aliphatic carbocycles. The van der Waals surface area contributed by atoms with E-state index >= 15 is 0 Å². The van der Waals surface area contributed by atoms with Crippen molar-refractivity contribution in [1.29, 1.82) is 0 Å². The molecule has 22 heavy (non-hydrogen) atoms. The normalized spacial score (nSPS) is 21.6. The molecule has 0 saturated heterocycles. The van der Waals surface area contributed by atoms with Gasteiger partial charge in [0.1, 0.15) is 0 Å². The molecule has 0 heterocycles. The summed E-state index contributed by atoms with van der Waals surface area (Å²) in [5.41, 5.74) is 0.782. The number of hydrogen-bond acceptors (Lipinski definition) is 2. The summed E-state index contributed by atoms with van der Waals surface area (Å²) in [6.07, 6.45) is 4.50. The lowest BCUT2D eigenvalue weighted by Crippen LogP contribution is -2.39. The van der Waals surface area contributed by atoms with E-state index in [1.54, 1.807) is 24.3 Å². The van der Waals surface area contributed by atoms with Gasteiger partial charge in [0.2, 0.25) is 5.91 Å². The standard InChI is InChI=1S/C18H25NO3/c1-12(2)13-7-9-15(10-8-13)19-17(20)11-14-5-3-4-6-16(14)18(21)22/h3-6,12-13,15H,7-11H2,1-2H3,(H,19,20)(H,21,22). The van der Waals surface area contributed by atoms with Crippen molar-refractivity contribution in [3.63, 3.8) is 0 Å². The molecule has 0 aliphatic heterocycles. The molecule has 0 aromatic heterocycles. The Balaban J connectivity index is 1.88. The minimum Gasteiger partial charge on any atom is -0.478 e. The Kier molecular flexibility index (Phi) is 5.58. The van der Waals surface area contributed by atoms with Crippen LogP contribution in [-0.2, 0) is 11.2 Å². The first-order valence-electron chi connectivity index (χ1n) is 8.08. The van der Waals surface area contributed by atoms with Crippen molar-refractivity contribution in [1.82, 2.24) is 5.32 Å². The first kappa shape index (κ1) is 16.5. The van der Waals surface area contributed by atoms with Gasteiger partial charge < -0.3 is 10.4 Å². The van der Waals surface area contributed by atoms with Crippen LogP contribution in [-0.4, -0.2) is 23.0 Å². The molecule has 1 fully saturated rings. The molecule has 4 heteroatoms. The predicted octanol–water partition coefficient (Wildman–Crippen LogP) is 3.26. The second-order valence-corrected chi connectivity index (χ2v) is 6.56. The van der Waals surface area contributed by atoms with Crippen molar-refractivity contribution < 1.29 is 14.7 Å². The van der Waals surface area contributed by atoms with E-state index in [9.17, 15) is 9.59 Å². The van der Waals surface area contributed by atoms with Crippen LogP contribution in [0.1, 0.15) is 55.5 Å².